The molecule has 1 heterocycles. The molecule has 0 aliphatic heterocycles. The second-order valence-corrected chi connectivity index (χ2v) is 13.4. The number of hydrogen-bond donors (Lipinski definition) is 4. The molecule has 3 aromatic rings. The number of aryl methyl sites for hydroxylation is 1. The van der Waals surface area contributed by atoms with E-state index in [1.54, 1.807) is 25.2 Å². The third-order valence-electron chi connectivity index (χ3n) is 7.32. The number of carbonyl (C=O) groups is 3. The third-order valence-corrected chi connectivity index (χ3v) is 8.34. The van der Waals surface area contributed by atoms with Crippen LogP contribution in [0, 0.1) is 5.41 Å². The van der Waals surface area contributed by atoms with Crippen molar-refractivity contribution in [3.05, 3.63) is 76.7 Å². The van der Waals surface area contributed by atoms with Crippen LogP contribution in [0.2, 0.25) is 0 Å². The number of fused-ring (bicyclic) bond motifs is 2. The van der Waals surface area contributed by atoms with Gasteiger partial charge in [-0.25, -0.2) is 0 Å². The highest BCUT2D eigenvalue weighted by Gasteiger charge is 2.32. The summed E-state index contributed by atoms with van der Waals surface area (Å²) in [6, 6.07) is 15.4. The Balaban J connectivity index is 1.63. The van der Waals surface area contributed by atoms with Crippen LogP contribution < -0.4 is 21.7 Å². The van der Waals surface area contributed by atoms with Gasteiger partial charge in [-0.15, -0.1) is 11.3 Å². The van der Waals surface area contributed by atoms with Crippen molar-refractivity contribution in [2.24, 2.45) is 11.1 Å². The van der Waals surface area contributed by atoms with Crippen molar-refractivity contribution < 1.29 is 14.4 Å². The summed E-state index contributed by atoms with van der Waals surface area (Å²) in [4.78, 5) is 40.0. The van der Waals surface area contributed by atoms with Gasteiger partial charge in [0.25, 0.3) is 0 Å². The van der Waals surface area contributed by atoms with Gasteiger partial charge in [-0.1, -0.05) is 69.3 Å². The maximum atomic E-state index is 13.9. The van der Waals surface area contributed by atoms with E-state index in [-0.39, 0.29) is 11.8 Å². The molecule has 0 radical (unpaired) electrons. The van der Waals surface area contributed by atoms with E-state index in [2.05, 4.69) is 34.2 Å². The Labute approximate surface area is 247 Å². The number of benzene rings is 2. The number of amides is 3. The zero-order valence-corrected chi connectivity index (χ0v) is 25.5. The van der Waals surface area contributed by atoms with Gasteiger partial charge in [0.15, 0.2) is 0 Å². The van der Waals surface area contributed by atoms with Crippen molar-refractivity contribution in [2.45, 2.75) is 84.5 Å². The van der Waals surface area contributed by atoms with Crippen molar-refractivity contribution in [3.8, 4) is 0 Å². The number of carbonyl (C=O) groups excluding carboxylic acids is 3. The molecule has 1 aliphatic rings. The zero-order valence-electron chi connectivity index (χ0n) is 24.7. The maximum Gasteiger partial charge on any atom is 0.244 e. The smallest absolute Gasteiger partial charge is 0.244 e. The van der Waals surface area contributed by atoms with E-state index < -0.39 is 29.1 Å². The van der Waals surface area contributed by atoms with Gasteiger partial charge in [-0.05, 0) is 72.2 Å². The monoisotopic (exact) mass is 574 g/mol. The molecular formula is C33H42N4O3S. The van der Waals surface area contributed by atoms with Crippen molar-refractivity contribution in [1.82, 2.24) is 16.0 Å². The molecule has 4 rings (SSSR count). The molecule has 2 atom stereocenters. The lowest BCUT2D eigenvalue weighted by Crippen LogP contribution is -2.59. The van der Waals surface area contributed by atoms with E-state index in [4.69, 9.17) is 5.73 Å². The number of rotatable bonds is 9. The second kappa shape index (κ2) is 12.6. The molecular weight excluding hydrogens is 532 g/mol. The summed E-state index contributed by atoms with van der Waals surface area (Å²) in [6.07, 6.45) is 5.21. The molecule has 41 heavy (non-hydrogen) atoms. The lowest BCUT2D eigenvalue weighted by Gasteiger charge is -2.29. The Kier molecular flexibility index (Phi) is 9.34. The molecule has 8 heteroatoms. The average Bonchev–Trinajstić information content (AvgIpc) is 3.20. The molecule has 218 valence electrons. The van der Waals surface area contributed by atoms with Crippen LogP contribution in [0.5, 0.6) is 0 Å². The maximum absolute atomic E-state index is 13.9. The molecule has 3 amide bonds. The number of nitrogens with two attached hydrogens (primary N) is 1. The first-order valence-corrected chi connectivity index (χ1v) is 15.1. The molecule has 2 aromatic carbocycles. The van der Waals surface area contributed by atoms with Crippen LogP contribution >= 0.6 is 11.3 Å². The number of nitrogens with one attached hydrogen (secondary N) is 3. The van der Waals surface area contributed by atoms with Crippen LogP contribution in [0.15, 0.2) is 60.0 Å². The summed E-state index contributed by atoms with van der Waals surface area (Å²) in [5.74, 6) is -0.967. The van der Waals surface area contributed by atoms with Gasteiger partial charge in [0.05, 0.1) is 5.54 Å². The lowest BCUT2D eigenvalue weighted by atomic mass is 9.93. The number of hydrogen-bond acceptors (Lipinski definition) is 5. The van der Waals surface area contributed by atoms with Crippen LogP contribution in [0.1, 0.15) is 70.6 Å². The van der Waals surface area contributed by atoms with E-state index >= 15 is 0 Å². The molecule has 0 saturated carbocycles. The molecule has 0 fully saturated rings. The van der Waals surface area contributed by atoms with Crippen LogP contribution in [-0.4, -0.2) is 35.5 Å². The van der Waals surface area contributed by atoms with Gasteiger partial charge in [0, 0.05) is 23.0 Å². The largest absolute Gasteiger partial charge is 0.342 e. The quantitative estimate of drug-likeness (QED) is 0.267. The Hall–Kier alpha value is -3.49. The first-order chi connectivity index (χ1) is 19.3. The molecule has 5 N–H and O–H groups in total. The summed E-state index contributed by atoms with van der Waals surface area (Å²) < 4.78 is 1.11. The highest BCUT2D eigenvalue weighted by atomic mass is 32.1. The van der Waals surface area contributed by atoms with Crippen molar-refractivity contribution in [3.63, 3.8) is 0 Å². The van der Waals surface area contributed by atoms with Gasteiger partial charge in [-0.2, -0.15) is 0 Å². The van der Waals surface area contributed by atoms with E-state index in [1.165, 1.54) is 5.56 Å². The Morgan fingerprint density at radius 1 is 0.902 bits per heavy atom. The predicted molar refractivity (Wildman–Crippen MR) is 167 cm³/mol. The average molecular weight is 575 g/mol. The first kappa shape index (κ1) is 30.5. The molecule has 0 bridgehead atoms. The molecule has 0 saturated heterocycles. The van der Waals surface area contributed by atoms with Crippen LogP contribution in [0.25, 0.3) is 15.7 Å². The summed E-state index contributed by atoms with van der Waals surface area (Å²) >= 11 is 1.60. The topological polar surface area (TPSA) is 113 Å². The van der Waals surface area contributed by atoms with Gasteiger partial charge >= 0.3 is 0 Å². The predicted octanol–water partition coefficient (Wildman–Crippen LogP) is 5.08. The normalized spacial score (nSPS) is 15.2. The fraction of sp³-hybridized carbons (Fsp3) is 0.424. The summed E-state index contributed by atoms with van der Waals surface area (Å²) in [6.45, 7) is 8.75. The van der Waals surface area contributed by atoms with Crippen LogP contribution in [-0.2, 0) is 27.2 Å². The summed E-state index contributed by atoms with van der Waals surface area (Å²) in [7, 11) is 0. The van der Waals surface area contributed by atoms with E-state index in [0.29, 0.717) is 12.8 Å². The highest BCUT2D eigenvalue weighted by Crippen LogP contribution is 2.29. The Morgan fingerprint density at radius 3 is 2.34 bits per heavy atom. The first-order valence-electron chi connectivity index (χ1n) is 14.3. The van der Waals surface area contributed by atoms with Crippen LogP contribution in [0.3, 0.4) is 0 Å². The second-order valence-electron chi connectivity index (χ2n) is 12.5. The van der Waals surface area contributed by atoms with Crippen molar-refractivity contribution >= 4 is 44.7 Å². The van der Waals surface area contributed by atoms with Gasteiger partial charge < -0.3 is 21.7 Å². The summed E-state index contributed by atoms with van der Waals surface area (Å²) in [5, 5.41) is 12.1. The van der Waals surface area contributed by atoms with Crippen LogP contribution in [0.4, 0.5) is 0 Å². The molecule has 1 aliphatic carbocycles. The Bertz CT molecular complexity index is 1440. The lowest BCUT2D eigenvalue weighted by molar-refractivity contribution is -0.133. The number of allylic oxidation sites excluding steroid dienone is 1. The number of thiophene rings is 1. The standard InChI is InChI=1S/C33H42N4O3S/c1-32(2,3)30(39)37-28(19-22-14-7-6-12-21-13-8-9-15-24(21)22)36-29(38)26(35-31(40)33(4,5)34)18-23-20-41-27-17-11-10-16-25(23)27/h8-11,13-17,20,26,28H,6-7,12,18-19,34H2,1-5H3,(H,35,40)(H,36,38)(H,37,39)/t26-,28+/m1/s1. The van der Waals surface area contributed by atoms with E-state index in [1.807, 2.05) is 62.5 Å². The minimum absolute atomic E-state index is 0.169. The minimum atomic E-state index is -1.16. The van der Waals surface area contributed by atoms with E-state index in [9.17, 15) is 14.4 Å². The van der Waals surface area contributed by atoms with Crippen molar-refractivity contribution in [2.75, 3.05) is 0 Å². The highest BCUT2D eigenvalue weighted by molar-refractivity contribution is 7.17. The summed E-state index contributed by atoms with van der Waals surface area (Å²) in [5.41, 5.74) is 8.74. The molecule has 7 nitrogen and oxygen atoms in total. The van der Waals surface area contributed by atoms with Gasteiger partial charge in [-0.3, -0.25) is 14.4 Å². The molecule has 1 aromatic heterocycles. The minimum Gasteiger partial charge on any atom is -0.342 e. The SMILES string of the molecule is CC(C)(C)C(=O)N[C@@H](CC1=CCCCc2ccccc21)NC(=O)[C@@H](Cc1csc2ccccc12)NC(=O)C(C)(C)N. The van der Waals surface area contributed by atoms with Gasteiger partial charge in [0.2, 0.25) is 17.7 Å². The Morgan fingerprint density at radius 2 is 1.61 bits per heavy atom. The van der Waals surface area contributed by atoms with E-state index in [0.717, 1.165) is 46.0 Å². The molecule has 0 spiro atoms. The third kappa shape index (κ3) is 7.83. The zero-order chi connectivity index (χ0) is 29.8. The fourth-order valence-corrected chi connectivity index (χ4v) is 5.87. The van der Waals surface area contributed by atoms with Gasteiger partial charge in [0.1, 0.15) is 12.2 Å². The van der Waals surface area contributed by atoms with Crippen molar-refractivity contribution in [1.29, 1.82) is 0 Å². The molecule has 0 unspecified atom stereocenters. The fourth-order valence-electron chi connectivity index (χ4n) is 4.89.